The summed E-state index contributed by atoms with van der Waals surface area (Å²) in [6.45, 7) is 0. The molecule has 1 aromatic heterocycles. The number of hydrogen-bond donors (Lipinski definition) is 3. The van der Waals surface area contributed by atoms with Crippen LogP contribution in [-0.2, 0) is 10.0 Å². The Kier molecular flexibility index (Phi) is 4.83. The van der Waals surface area contributed by atoms with Gasteiger partial charge in [-0.2, -0.15) is 0 Å². The van der Waals surface area contributed by atoms with Crippen molar-refractivity contribution in [3.63, 3.8) is 0 Å². The summed E-state index contributed by atoms with van der Waals surface area (Å²) in [4.78, 5) is 13.1. The lowest BCUT2D eigenvalue weighted by atomic mass is 9.95. The molecule has 0 spiro atoms. The largest absolute Gasteiger partial charge is 0.447 e. The number of nitrogens with one attached hydrogen (secondary N) is 3. The van der Waals surface area contributed by atoms with Crippen molar-refractivity contribution in [1.29, 1.82) is 0 Å². The number of carbonyl (C=O) groups is 1. The molecule has 0 unspecified atom stereocenters. The second-order valence-electron chi connectivity index (χ2n) is 6.99. The van der Waals surface area contributed by atoms with Crippen LogP contribution in [-0.4, -0.2) is 38.7 Å². The van der Waals surface area contributed by atoms with E-state index < -0.39 is 10.0 Å². The van der Waals surface area contributed by atoms with Crippen molar-refractivity contribution in [1.82, 2.24) is 10.6 Å². The molecule has 2 bridgehead atoms. The van der Waals surface area contributed by atoms with Crippen LogP contribution in [0.5, 0.6) is 10.8 Å². The number of ether oxygens (including phenoxy) is 1. The molecule has 1 aromatic carbocycles. The van der Waals surface area contributed by atoms with E-state index in [0.717, 1.165) is 19.1 Å². The van der Waals surface area contributed by atoms with Gasteiger partial charge in [0.05, 0.1) is 16.8 Å². The van der Waals surface area contributed by atoms with Crippen LogP contribution >= 0.6 is 11.3 Å². The van der Waals surface area contributed by atoms with E-state index in [1.54, 1.807) is 36.4 Å². The van der Waals surface area contributed by atoms with Crippen molar-refractivity contribution in [2.75, 3.05) is 11.0 Å². The predicted octanol–water partition coefficient (Wildman–Crippen LogP) is 2.53. The second kappa shape index (κ2) is 7.14. The van der Waals surface area contributed by atoms with Crippen molar-refractivity contribution in [2.45, 2.75) is 37.4 Å². The summed E-state index contributed by atoms with van der Waals surface area (Å²) in [6, 6.07) is 11.3. The average molecular weight is 408 g/mol. The van der Waals surface area contributed by atoms with Crippen LogP contribution in [0.3, 0.4) is 0 Å². The molecule has 0 aliphatic carbocycles. The van der Waals surface area contributed by atoms with Gasteiger partial charge in [-0.25, -0.2) is 8.42 Å². The molecule has 3 heterocycles. The molecule has 0 radical (unpaired) electrons. The lowest BCUT2D eigenvalue weighted by Gasteiger charge is -2.20. The molecule has 2 saturated heterocycles. The van der Waals surface area contributed by atoms with Crippen molar-refractivity contribution in [3.05, 3.63) is 41.3 Å². The fourth-order valence-corrected chi connectivity index (χ4v) is 5.01. The zero-order chi connectivity index (χ0) is 19.0. The van der Waals surface area contributed by atoms with E-state index in [0.29, 0.717) is 33.5 Å². The van der Waals surface area contributed by atoms with E-state index in [1.807, 2.05) is 0 Å². The summed E-state index contributed by atoms with van der Waals surface area (Å²) < 4.78 is 30.9. The molecule has 2 aliphatic heterocycles. The van der Waals surface area contributed by atoms with Crippen LogP contribution in [0.4, 0.5) is 5.69 Å². The maximum atomic E-state index is 12.5. The first-order valence-corrected chi connectivity index (χ1v) is 11.5. The Bertz CT molecular complexity index is 957. The summed E-state index contributed by atoms with van der Waals surface area (Å²) in [7, 11) is -3.35. The normalized spacial score (nSPS) is 24.0. The Balaban J connectivity index is 1.39. The van der Waals surface area contributed by atoms with Crippen molar-refractivity contribution >= 4 is 33.0 Å². The highest BCUT2D eigenvalue weighted by molar-refractivity contribution is 7.92. The Morgan fingerprint density at radius 1 is 1.26 bits per heavy atom. The van der Waals surface area contributed by atoms with Gasteiger partial charge >= 0.3 is 0 Å². The Morgan fingerprint density at radius 3 is 2.81 bits per heavy atom. The minimum absolute atomic E-state index is 0.0818. The molecule has 7 nitrogen and oxygen atoms in total. The lowest BCUT2D eigenvalue weighted by molar-refractivity contribution is 0.0935. The van der Waals surface area contributed by atoms with E-state index in [2.05, 4.69) is 15.4 Å². The Hall–Kier alpha value is -2.10. The van der Waals surface area contributed by atoms with E-state index >= 15 is 0 Å². The molecule has 1 amide bonds. The smallest absolute Gasteiger partial charge is 0.261 e. The number of hydrogen-bond acceptors (Lipinski definition) is 6. The molecule has 3 atom stereocenters. The molecule has 27 heavy (non-hydrogen) atoms. The molecular weight excluding hydrogens is 386 g/mol. The number of sulfonamides is 1. The van der Waals surface area contributed by atoms with E-state index in [-0.39, 0.29) is 11.9 Å². The molecule has 3 N–H and O–H groups in total. The number of thiophene rings is 1. The molecule has 2 aromatic rings. The van der Waals surface area contributed by atoms with Crippen LogP contribution in [0.15, 0.2) is 36.4 Å². The molecule has 2 aliphatic rings. The van der Waals surface area contributed by atoms with Crippen molar-refractivity contribution in [2.24, 2.45) is 0 Å². The van der Waals surface area contributed by atoms with Crippen LogP contribution < -0.4 is 20.1 Å². The fraction of sp³-hybridized carbons (Fsp3) is 0.389. The molecule has 0 saturated carbocycles. The van der Waals surface area contributed by atoms with E-state index in [1.165, 1.54) is 17.8 Å². The van der Waals surface area contributed by atoms with E-state index in [9.17, 15) is 13.2 Å². The maximum Gasteiger partial charge on any atom is 0.261 e. The topological polar surface area (TPSA) is 96.5 Å². The van der Waals surface area contributed by atoms with Crippen LogP contribution in [0, 0.1) is 0 Å². The number of anilines is 1. The third-order valence-corrected chi connectivity index (χ3v) is 6.35. The van der Waals surface area contributed by atoms with E-state index in [4.69, 9.17) is 4.74 Å². The second-order valence-corrected chi connectivity index (χ2v) is 9.78. The minimum atomic E-state index is -3.35. The number of carbonyl (C=O) groups excluding carboxylic acids is 1. The first-order valence-electron chi connectivity index (χ1n) is 8.78. The molecule has 2 fully saturated rings. The zero-order valence-corrected chi connectivity index (χ0v) is 16.4. The van der Waals surface area contributed by atoms with Gasteiger partial charge in [0.15, 0.2) is 5.06 Å². The van der Waals surface area contributed by atoms with Gasteiger partial charge in [0.1, 0.15) is 5.75 Å². The Labute approximate surface area is 162 Å². The van der Waals surface area contributed by atoms with Crippen LogP contribution in [0.1, 0.15) is 28.9 Å². The third-order valence-electron chi connectivity index (χ3n) is 4.78. The van der Waals surface area contributed by atoms with Crippen LogP contribution in [0.25, 0.3) is 0 Å². The number of amides is 1. The predicted molar refractivity (Wildman–Crippen MR) is 105 cm³/mol. The van der Waals surface area contributed by atoms with Crippen LogP contribution in [0.2, 0.25) is 0 Å². The third kappa shape index (κ3) is 4.42. The SMILES string of the molecule is CS(=O)(=O)Nc1cccc(Oc2ccc(C(=O)N[C@@H]3C[C@H]4CC[C@@H]3N4)s2)c1. The number of fused-ring (bicyclic) bond motifs is 2. The van der Waals surface area contributed by atoms with Gasteiger partial charge in [-0.15, -0.1) is 0 Å². The van der Waals surface area contributed by atoms with Gasteiger partial charge in [-0.1, -0.05) is 17.4 Å². The molecule has 4 rings (SSSR count). The fourth-order valence-electron chi connectivity index (χ4n) is 3.67. The standard InChI is InChI=1S/C18H21N3O4S2/c1-27(23,24)21-12-3-2-4-13(9-12)25-17-8-7-16(26-17)18(22)20-15-10-11-5-6-14(15)19-11/h2-4,7-9,11,14-15,19,21H,5-6,10H2,1H3,(H,20,22)/t11-,14+,15-/m1/s1. The lowest BCUT2D eigenvalue weighted by Crippen LogP contribution is -2.42. The van der Waals surface area contributed by atoms with Gasteiger partial charge in [-0.05, 0) is 43.5 Å². The summed E-state index contributed by atoms with van der Waals surface area (Å²) >= 11 is 1.26. The van der Waals surface area contributed by atoms with Gasteiger partial charge < -0.3 is 15.4 Å². The minimum Gasteiger partial charge on any atom is -0.447 e. The highest BCUT2D eigenvalue weighted by Crippen LogP contribution is 2.32. The molecular formula is C18H21N3O4S2. The van der Waals surface area contributed by atoms with Crippen molar-refractivity contribution < 1.29 is 17.9 Å². The van der Waals surface area contributed by atoms with Gasteiger partial charge in [0.25, 0.3) is 5.91 Å². The highest BCUT2D eigenvalue weighted by Gasteiger charge is 2.39. The molecule has 9 heteroatoms. The maximum absolute atomic E-state index is 12.5. The summed E-state index contributed by atoms with van der Waals surface area (Å²) in [6.07, 6.45) is 4.40. The summed E-state index contributed by atoms with van der Waals surface area (Å²) in [5, 5.41) is 7.20. The van der Waals surface area contributed by atoms with Gasteiger partial charge in [0.2, 0.25) is 10.0 Å². The average Bonchev–Trinajstić information content (AvgIpc) is 3.30. The monoisotopic (exact) mass is 407 g/mol. The summed E-state index contributed by atoms with van der Waals surface area (Å²) in [5.74, 6) is 0.413. The first-order chi connectivity index (χ1) is 12.9. The van der Waals surface area contributed by atoms with Gasteiger partial charge in [0, 0.05) is 24.2 Å². The first kappa shape index (κ1) is 18.3. The molecule has 144 valence electrons. The zero-order valence-electron chi connectivity index (χ0n) is 14.8. The van der Waals surface area contributed by atoms with Gasteiger partial charge in [-0.3, -0.25) is 9.52 Å². The Morgan fingerprint density at radius 2 is 2.11 bits per heavy atom. The number of rotatable bonds is 6. The highest BCUT2D eigenvalue weighted by atomic mass is 32.2. The summed E-state index contributed by atoms with van der Waals surface area (Å²) in [5.41, 5.74) is 0.424. The number of benzene rings is 1. The quantitative estimate of drug-likeness (QED) is 0.684. The van der Waals surface area contributed by atoms with Crippen molar-refractivity contribution in [3.8, 4) is 10.8 Å².